The number of ketones is 1. The predicted octanol–water partition coefficient (Wildman–Crippen LogP) is 5.25. The number of aromatic amines is 1. The third-order valence-corrected chi connectivity index (χ3v) is 12.5. The van der Waals surface area contributed by atoms with E-state index in [2.05, 4.69) is 62.6 Å². The van der Waals surface area contributed by atoms with Crippen molar-refractivity contribution in [3.05, 3.63) is 41.3 Å². The summed E-state index contributed by atoms with van der Waals surface area (Å²) in [5, 5.41) is 17.9. The summed E-state index contributed by atoms with van der Waals surface area (Å²) in [5.74, 6) is 0.512. The van der Waals surface area contributed by atoms with Crippen molar-refractivity contribution in [3.63, 3.8) is 0 Å². The van der Waals surface area contributed by atoms with Crippen LogP contribution >= 0.6 is 0 Å². The Hall–Kier alpha value is -1.54. The van der Waals surface area contributed by atoms with E-state index in [1.165, 1.54) is 12.0 Å². The minimum absolute atomic E-state index is 0.00124. The topological polar surface area (TPSA) is 78.5 Å². The number of carbonyl (C=O) groups is 1. The van der Waals surface area contributed by atoms with Gasteiger partial charge in [-0.15, -0.1) is 0 Å². The first-order valence-electron chi connectivity index (χ1n) is 13.0. The van der Waals surface area contributed by atoms with Gasteiger partial charge in [-0.25, -0.2) is 0 Å². The van der Waals surface area contributed by atoms with Gasteiger partial charge in [0.2, 0.25) is 0 Å². The van der Waals surface area contributed by atoms with Gasteiger partial charge >= 0.3 is 0 Å². The van der Waals surface area contributed by atoms with Crippen molar-refractivity contribution in [1.82, 2.24) is 15.1 Å². The number of carbonyl (C=O) groups excluding carboxylic acids is 1. The number of hydrogen-bond donors (Lipinski definition) is 2. The van der Waals surface area contributed by atoms with Crippen LogP contribution in [-0.4, -0.2) is 53.5 Å². The van der Waals surface area contributed by atoms with Gasteiger partial charge in [0.1, 0.15) is 12.5 Å². The number of H-pyrrole nitrogens is 1. The molecule has 4 rings (SSSR count). The van der Waals surface area contributed by atoms with Crippen LogP contribution in [0.2, 0.25) is 24.7 Å². The third kappa shape index (κ3) is 4.19. The molecule has 3 aliphatic rings. The highest BCUT2D eigenvalue weighted by molar-refractivity contribution is 6.82. The quantitative estimate of drug-likeness (QED) is 0.442. The SMILES string of the molecule is CCC(C(=O)C1([Si](C)(C)C)CCC1)c1[nH]nc2c1CN(CO[C@H](CO)C1C=CC=CC1)C2(C)C. The van der Waals surface area contributed by atoms with Crippen molar-refractivity contribution >= 4 is 13.9 Å². The van der Waals surface area contributed by atoms with E-state index in [0.29, 0.717) is 19.1 Å². The molecule has 1 saturated carbocycles. The highest BCUT2D eigenvalue weighted by atomic mass is 28.3. The number of hydrogen-bond acceptors (Lipinski definition) is 5. The molecular weight excluding hydrogens is 442 g/mol. The molecule has 0 saturated heterocycles. The van der Waals surface area contributed by atoms with Gasteiger partial charge in [-0.2, -0.15) is 5.10 Å². The molecule has 1 aromatic heterocycles. The second-order valence-electron chi connectivity index (χ2n) is 12.0. The van der Waals surface area contributed by atoms with E-state index in [4.69, 9.17) is 9.84 Å². The van der Waals surface area contributed by atoms with Crippen LogP contribution < -0.4 is 0 Å². The van der Waals surface area contributed by atoms with E-state index in [1.54, 1.807) is 0 Å². The molecule has 1 aromatic rings. The molecule has 0 radical (unpaired) electrons. The fourth-order valence-electron chi connectivity index (χ4n) is 6.20. The number of aliphatic hydroxyl groups is 1. The average molecular weight is 486 g/mol. The molecule has 6 nitrogen and oxygen atoms in total. The number of fused-ring (bicyclic) bond motifs is 1. The number of rotatable bonds is 10. The molecule has 0 amide bonds. The normalized spacial score (nSPS) is 25.1. The molecule has 1 aliphatic heterocycles. The second kappa shape index (κ2) is 9.49. The van der Waals surface area contributed by atoms with Crippen molar-refractivity contribution in [3.8, 4) is 0 Å². The number of nitrogens with one attached hydrogen (secondary N) is 1. The van der Waals surface area contributed by atoms with Gasteiger partial charge < -0.3 is 9.84 Å². The summed E-state index contributed by atoms with van der Waals surface area (Å²) in [7, 11) is -1.64. The molecule has 34 heavy (non-hydrogen) atoms. The van der Waals surface area contributed by atoms with Gasteiger partial charge in [-0.3, -0.25) is 14.8 Å². The maximum atomic E-state index is 14.0. The first-order chi connectivity index (χ1) is 16.1. The molecule has 7 heteroatoms. The van der Waals surface area contributed by atoms with Crippen molar-refractivity contribution in [1.29, 1.82) is 0 Å². The van der Waals surface area contributed by atoms with Crippen LogP contribution in [0.5, 0.6) is 0 Å². The third-order valence-electron chi connectivity index (χ3n) is 8.92. The number of ether oxygens (including phenoxy) is 1. The zero-order chi connectivity index (χ0) is 24.7. The molecule has 2 heterocycles. The van der Waals surface area contributed by atoms with Crippen LogP contribution in [0.15, 0.2) is 24.3 Å². The van der Waals surface area contributed by atoms with Crippen LogP contribution in [0.25, 0.3) is 0 Å². The standard InChI is InChI=1S/C27H43N3O3Si/c1-7-20(25(32)27(14-11-15-27)34(4,5)6)23-21-16-30(26(2,3)24(21)29-28-23)18-33-22(17-31)19-12-9-8-10-13-19/h8-10,12,19-20,22,31H,7,11,13-18H2,1-6H3,(H,28,29)/t19?,20?,22-/m1/s1. The first kappa shape index (κ1) is 25.5. The molecule has 188 valence electrons. The van der Waals surface area contributed by atoms with Gasteiger partial charge in [-0.1, -0.05) is 57.3 Å². The minimum atomic E-state index is -1.64. The molecular formula is C27H43N3O3Si. The largest absolute Gasteiger partial charge is 0.394 e. The highest BCUT2D eigenvalue weighted by Crippen LogP contribution is 2.58. The monoisotopic (exact) mass is 485 g/mol. The summed E-state index contributed by atoms with van der Waals surface area (Å²) in [6.07, 6.45) is 13.0. The van der Waals surface area contributed by atoms with Gasteiger partial charge in [0.15, 0.2) is 0 Å². The molecule has 0 bridgehead atoms. The number of nitrogens with zero attached hydrogens (tertiary/aromatic N) is 2. The molecule has 2 aliphatic carbocycles. The zero-order valence-electron chi connectivity index (χ0n) is 21.9. The van der Waals surface area contributed by atoms with E-state index >= 15 is 0 Å². The van der Waals surface area contributed by atoms with E-state index in [1.807, 2.05) is 12.2 Å². The van der Waals surface area contributed by atoms with Crippen molar-refractivity contribution in [2.45, 2.75) is 102 Å². The van der Waals surface area contributed by atoms with Gasteiger partial charge in [-0.05, 0) is 39.5 Å². The maximum absolute atomic E-state index is 14.0. The molecule has 0 aromatic carbocycles. The fraction of sp³-hybridized carbons (Fsp3) is 0.704. The summed E-state index contributed by atoms with van der Waals surface area (Å²) in [4.78, 5) is 16.3. The van der Waals surface area contributed by atoms with E-state index in [9.17, 15) is 9.90 Å². The lowest BCUT2D eigenvalue weighted by molar-refractivity contribution is -0.126. The zero-order valence-corrected chi connectivity index (χ0v) is 22.9. The fourth-order valence-corrected chi connectivity index (χ4v) is 8.97. The highest BCUT2D eigenvalue weighted by Gasteiger charge is 2.55. The summed E-state index contributed by atoms with van der Waals surface area (Å²) in [6.45, 7) is 14.7. The summed E-state index contributed by atoms with van der Waals surface area (Å²) in [5.41, 5.74) is 2.90. The molecule has 2 N–H and O–H groups in total. The molecule has 2 unspecified atom stereocenters. The second-order valence-corrected chi connectivity index (χ2v) is 17.4. The Bertz CT molecular complexity index is 955. The maximum Gasteiger partial charge on any atom is 0.145 e. The molecule has 0 spiro atoms. The van der Waals surface area contributed by atoms with E-state index in [0.717, 1.165) is 37.1 Å². The number of aliphatic hydroxyl groups excluding tert-OH is 1. The first-order valence-corrected chi connectivity index (χ1v) is 16.5. The molecule has 3 atom stereocenters. The van der Waals surface area contributed by atoms with Gasteiger partial charge in [0.25, 0.3) is 0 Å². The smallest absolute Gasteiger partial charge is 0.145 e. The lowest BCUT2D eigenvalue weighted by Crippen LogP contribution is -2.51. The van der Waals surface area contributed by atoms with Gasteiger partial charge in [0, 0.05) is 23.1 Å². The van der Waals surface area contributed by atoms with Crippen molar-refractivity contribution < 1.29 is 14.6 Å². The Morgan fingerprint density at radius 1 is 1.32 bits per heavy atom. The summed E-state index contributed by atoms with van der Waals surface area (Å²) < 4.78 is 6.24. The van der Waals surface area contributed by atoms with Crippen molar-refractivity contribution in [2.75, 3.05) is 13.3 Å². The van der Waals surface area contributed by atoms with Crippen LogP contribution in [0, 0.1) is 5.92 Å². The van der Waals surface area contributed by atoms with Crippen LogP contribution in [0.1, 0.15) is 75.7 Å². The van der Waals surface area contributed by atoms with Crippen LogP contribution in [-0.2, 0) is 21.6 Å². The number of Topliss-reactive ketones (excluding diaryl/α,β-unsaturated/α-hetero) is 1. The number of allylic oxidation sites excluding steroid dienone is 3. The Morgan fingerprint density at radius 2 is 2.06 bits per heavy atom. The summed E-state index contributed by atoms with van der Waals surface area (Å²) in [6, 6.07) is 0. The summed E-state index contributed by atoms with van der Waals surface area (Å²) >= 11 is 0. The Balaban J connectivity index is 1.52. The Morgan fingerprint density at radius 3 is 2.59 bits per heavy atom. The number of aromatic nitrogens is 2. The predicted molar refractivity (Wildman–Crippen MR) is 138 cm³/mol. The average Bonchev–Trinajstić information content (AvgIpc) is 3.27. The Kier molecular flexibility index (Phi) is 7.13. The van der Waals surface area contributed by atoms with Gasteiger partial charge in [0.05, 0.1) is 43.6 Å². The van der Waals surface area contributed by atoms with Crippen molar-refractivity contribution in [2.24, 2.45) is 5.92 Å². The molecule has 1 fully saturated rings. The van der Waals surface area contributed by atoms with Crippen LogP contribution in [0.4, 0.5) is 0 Å². The lowest BCUT2D eigenvalue weighted by Gasteiger charge is -2.50. The lowest BCUT2D eigenvalue weighted by atomic mass is 9.74. The van der Waals surface area contributed by atoms with Crippen LogP contribution in [0.3, 0.4) is 0 Å². The Labute approximate surface area is 205 Å². The van der Waals surface area contributed by atoms with E-state index < -0.39 is 8.07 Å². The minimum Gasteiger partial charge on any atom is -0.394 e. The van der Waals surface area contributed by atoms with E-state index in [-0.39, 0.29) is 35.1 Å².